The van der Waals surface area contributed by atoms with E-state index in [4.69, 9.17) is 5.11 Å². The quantitative estimate of drug-likeness (QED) is 0.655. The maximum absolute atomic E-state index is 10.9. The van der Waals surface area contributed by atoms with Gasteiger partial charge >= 0.3 is 5.97 Å². The van der Waals surface area contributed by atoms with Crippen LogP contribution in [0, 0.1) is 11.8 Å². The molecule has 0 saturated heterocycles. The van der Waals surface area contributed by atoms with Gasteiger partial charge in [-0.1, -0.05) is 6.42 Å². The van der Waals surface area contributed by atoms with Crippen LogP contribution >= 0.6 is 0 Å². The fraction of sp³-hybridized carbons (Fsp3) is 0.917. The molecule has 4 heteroatoms. The van der Waals surface area contributed by atoms with E-state index in [0.29, 0.717) is 18.9 Å². The van der Waals surface area contributed by atoms with E-state index in [1.54, 1.807) is 0 Å². The minimum atomic E-state index is -0.672. The maximum Gasteiger partial charge on any atom is 0.306 e. The number of aliphatic carboxylic acids is 1. The molecule has 0 aromatic heterocycles. The van der Waals surface area contributed by atoms with Crippen LogP contribution in [0.15, 0.2) is 0 Å². The molecule has 0 aromatic carbocycles. The van der Waals surface area contributed by atoms with Gasteiger partial charge in [0.2, 0.25) is 0 Å². The minimum absolute atomic E-state index is 0.190. The number of hydrogen-bond donors (Lipinski definition) is 3. The lowest BCUT2D eigenvalue weighted by atomic mass is 9.86. The predicted octanol–water partition coefficient (Wildman–Crippen LogP) is 0.990. The van der Waals surface area contributed by atoms with Crippen molar-refractivity contribution in [2.75, 3.05) is 6.54 Å². The highest BCUT2D eigenvalue weighted by molar-refractivity contribution is 5.70. The van der Waals surface area contributed by atoms with Crippen LogP contribution in [0.25, 0.3) is 0 Å². The van der Waals surface area contributed by atoms with Gasteiger partial charge in [0.1, 0.15) is 0 Å². The first-order valence-electron chi connectivity index (χ1n) is 6.31. The number of hydrogen-bond acceptors (Lipinski definition) is 3. The van der Waals surface area contributed by atoms with Crippen molar-refractivity contribution in [2.24, 2.45) is 11.8 Å². The Kier molecular flexibility index (Phi) is 3.82. The number of nitrogens with one attached hydrogen (secondary N) is 1. The van der Waals surface area contributed by atoms with Crippen LogP contribution in [-0.2, 0) is 4.79 Å². The van der Waals surface area contributed by atoms with Gasteiger partial charge in [0, 0.05) is 12.6 Å². The first-order valence-corrected chi connectivity index (χ1v) is 6.31. The lowest BCUT2D eigenvalue weighted by molar-refractivity contribution is -0.143. The highest BCUT2D eigenvalue weighted by Crippen LogP contribution is 2.32. The fourth-order valence-corrected chi connectivity index (χ4v) is 2.53. The molecular formula is C12H21NO3. The highest BCUT2D eigenvalue weighted by Gasteiger charge is 2.31. The van der Waals surface area contributed by atoms with Crippen molar-refractivity contribution < 1.29 is 15.0 Å². The Morgan fingerprint density at radius 3 is 2.69 bits per heavy atom. The molecule has 3 atom stereocenters. The largest absolute Gasteiger partial charge is 0.481 e. The third-order valence-electron chi connectivity index (χ3n) is 3.81. The summed E-state index contributed by atoms with van der Waals surface area (Å²) in [7, 11) is 0. The highest BCUT2D eigenvalue weighted by atomic mass is 16.4. The molecule has 0 aromatic rings. The molecule has 0 radical (unpaired) electrons. The first kappa shape index (κ1) is 11.9. The van der Waals surface area contributed by atoms with Crippen LogP contribution in [0.5, 0.6) is 0 Å². The van der Waals surface area contributed by atoms with Crippen LogP contribution < -0.4 is 5.32 Å². The Labute approximate surface area is 96.0 Å². The van der Waals surface area contributed by atoms with Crippen molar-refractivity contribution in [3.63, 3.8) is 0 Å². The second-order valence-corrected chi connectivity index (χ2v) is 5.21. The van der Waals surface area contributed by atoms with Gasteiger partial charge < -0.3 is 15.5 Å². The van der Waals surface area contributed by atoms with E-state index in [0.717, 1.165) is 32.1 Å². The minimum Gasteiger partial charge on any atom is -0.481 e. The second kappa shape index (κ2) is 5.15. The molecule has 2 rings (SSSR count). The third kappa shape index (κ3) is 3.19. The fourth-order valence-electron chi connectivity index (χ4n) is 2.53. The summed E-state index contributed by atoms with van der Waals surface area (Å²) in [6.07, 6.45) is 5.60. The monoisotopic (exact) mass is 227 g/mol. The van der Waals surface area contributed by atoms with Gasteiger partial charge in [0.05, 0.1) is 12.0 Å². The summed E-state index contributed by atoms with van der Waals surface area (Å²) in [5.74, 6) is -0.370. The van der Waals surface area contributed by atoms with Crippen molar-refractivity contribution in [1.29, 1.82) is 0 Å². The molecule has 4 nitrogen and oxygen atoms in total. The topological polar surface area (TPSA) is 69.6 Å². The van der Waals surface area contributed by atoms with Gasteiger partial charge in [-0.3, -0.25) is 4.79 Å². The zero-order chi connectivity index (χ0) is 11.5. The summed E-state index contributed by atoms with van der Waals surface area (Å²) >= 11 is 0. The van der Waals surface area contributed by atoms with Gasteiger partial charge in [-0.05, 0) is 38.0 Å². The van der Waals surface area contributed by atoms with E-state index in [9.17, 15) is 9.90 Å². The maximum atomic E-state index is 10.9. The summed E-state index contributed by atoms with van der Waals surface area (Å²) in [6.45, 7) is 0.627. The summed E-state index contributed by atoms with van der Waals surface area (Å²) in [5, 5.41) is 22.0. The molecule has 2 aliphatic rings. The number of carboxylic acids is 1. The molecule has 2 aliphatic carbocycles. The number of carbonyl (C=O) groups is 1. The molecule has 3 unspecified atom stereocenters. The van der Waals surface area contributed by atoms with E-state index in [1.165, 1.54) is 0 Å². The lowest BCUT2D eigenvalue weighted by Crippen LogP contribution is -2.40. The predicted molar refractivity (Wildman–Crippen MR) is 60.1 cm³/mol. The molecule has 2 saturated carbocycles. The van der Waals surface area contributed by atoms with Crippen LogP contribution in [0.4, 0.5) is 0 Å². The molecule has 0 spiro atoms. The van der Waals surface area contributed by atoms with Gasteiger partial charge in [-0.25, -0.2) is 0 Å². The van der Waals surface area contributed by atoms with E-state index in [1.807, 2.05) is 0 Å². The van der Waals surface area contributed by atoms with Crippen LogP contribution in [0.1, 0.15) is 38.5 Å². The number of aliphatic hydroxyl groups excluding tert-OH is 1. The average Bonchev–Trinajstić information content (AvgIpc) is 3.10. The molecule has 0 aliphatic heterocycles. The summed E-state index contributed by atoms with van der Waals surface area (Å²) in [4.78, 5) is 10.9. The smallest absolute Gasteiger partial charge is 0.306 e. The zero-order valence-corrected chi connectivity index (χ0v) is 9.56. The van der Waals surface area contributed by atoms with Crippen molar-refractivity contribution in [2.45, 2.75) is 50.7 Å². The molecular weight excluding hydrogens is 206 g/mol. The second-order valence-electron chi connectivity index (χ2n) is 5.21. The SMILES string of the molecule is O=C(O)C1CCCC(NCC(O)C2CC2)C1. The van der Waals surface area contributed by atoms with E-state index in [2.05, 4.69) is 5.32 Å². The van der Waals surface area contributed by atoms with Crippen molar-refractivity contribution in [1.82, 2.24) is 5.32 Å². The Balaban J connectivity index is 1.70. The Hall–Kier alpha value is -0.610. The number of carboxylic acid groups (broad SMARTS) is 1. The van der Waals surface area contributed by atoms with Gasteiger partial charge in [-0.15, -0.1) is 0 Å². The molecule has 0 bridgehead atoms. The van der Waals surface area contributed by atoms with Gasteiger partial charge in [0.25, 0.3) is 0 Å². The Bertz CT molecular complexity index is 253. The number of rotatable bonds is 5. The zero-order valence-electron chi connectivity index (χ0n) is 9.56. The first-order chi connectivity index (χ1) is 7.66. The molecule has 92 valence electrons. The average molecular weight is 227 g/mol. The molecule has 16 heavy (non-hydrogen) atoms. The van der Waals surface area contributed by atoms with E-state index >= 15 is 0 Å². The van der Waals surface area contributed by atoms with Crippen molar-refractivity contribution in [3.8, 4) is 0 Å². The molecule has 0 heterocycles. The lowest BCUT2D eigenvalue weighted by Gasteiger charge is -2.28. The van der Waals surface area contributed by atoms with Crippen molar-refractivity contribution in [3.05, 3.63) is 0 Å². The van der Waals surface area contributed by atoms with E-state index in [-0.39, 0.29) is 18.1 Å². The normalized spacial score (nSPS) is 32.3. The standard InChI is InChI=1S/C12H21NO3/c14-11(8-4-5-8)7-13-10-3-1-2-9(6-10)12(15)16/h8-11,13-14H,1-7H2,(H,15,16). The molecule has 2 fully saturated rings. The van der Waals surface area contributed by atoms with Gasteiger partial charge in [-0.2, -0.15) is 0 Å². The van der Waals surface area contributed by atoms with Crippen LogP contribution in [0.3, 0.4) is 0 Å². The summed E-state index contributed by atoms with van der Waals surface area (Å²) in [6, 6.07) is 0.281. The molecule has 0 amide bonds. The van der Waals surface area contributed by atoms with Crippen molar-refractivity contribution >= 4 is 5.97 Å². The Morgan fingerprint density at radius 2 is 2.06 bits per heavy atom. The van der Waals surface area contributed by atoms with Gasteiger partial charge in [0.15, 0.2) is 0 Å². The van der Waals surface area contributed by atoms with E-state index < -0.39 is 5.97 Å². The summed E-state index contributed by atoms with van der Waals surface area (Å²) in [5.41, 5.74) is 0. The van der Waals surface area contributed by atoms with Crippen LogP contribution in [-0.4, -0.2) is 34.9 Å². The Morgan fingerprint density at radius 1 is 1.31 bits per heavy atom. The summed E-state index contributed by atoms with van der Waals surface area (Å²) < 4.78 is 0. The molecule has 3 N–H and O–H groups in total. The number of aliphatic hydroxyl groups is 1. The van der Waals surface area contributed by atoms with Crippen LogP contribution in [0.2, 0.25) is 0 Å². The third-order valence-corrected chi connectivity index (χ3v) is 3.81.